The van der Waals surface area contributed by atoms with Gasteiger partial charge in [0.25, 0.3) is 0 Å². The van der Waals surface area contributed by atoms with E-state index in [-0.39, 0.29) is 11.4 Å². The average Bonchev–Trinajstić information content (AvgIpc) is 2.30. The first-order chi connectivity index (χ1) is 7.70. The largest absolute Gasteiger partial charge is 0.206 e. The van der Waals surface area contributed by atoms with Crippen LogP contribution in [0.15, 0.2) is 18.2 Å². The molecule has 0 N–H and O–H groups in total. The van der Waals surface area contributed by atoms with Gasteiger partial charge >= 0.3 is 0 Å². The third-order valence-electron chi connectivity index (χ3n) is 3.38. The van der Waals surface area contributed by atoms with Crippen LogP contribution in [0.1, 0.15) is 25.3 Å². The van der Waals surface area contributed by atoms with Crippen molar-refractivity contribution in [1.29, 1.82) is 5.26 Å². The highest BCUT2D eigenvalue weighted by Crippen LogP contribution is 2.24. The van der Waals surface area contributed by atoms with Gasteiger partial charge in [0.2, 0.25) is 0 Å². The molecule has 0 spiro atoms. The molecule has 1 aromatic rings. The Morgan fingerprint density at radius 2 is 2.06 bits per heavy atom. The van der Waals surface area contributed by atoms with E-state index in [9.17, 15) is 4.39 Å². The molecule has 1 saturated heterocycles. The zero-order valence-electron chi connectivity index (χ0n) is 9.46. The highest BCUT2D eigenvalue weighted by molar-refractivity contribution is 6.73. The maximum Gasteiger partial charge on any atom is 0.140 e. The van der Waals surface area contributed by atoms with Crippen LogP contribution in [0.2, 0.25) is 12.1 Å². The van der Waals surface area contributed by atoms with Crippen molar-refractivity contribution in [2.24, 2.45) is 5.92 Å². The Bertz CT molecular complexity index is 416. The number of nitriles is 1. The molecule has 0 bridgehead atoms. The summed E-state index contributed by atoms with van der Waals surface area (Å²) in [4.78, 5) is 0. The van der Waals surface area contributed by atoms with Crippen LogP contribution in [-0.2, 0) is 0 Å². The minimum Gasteiger partial charge on any atom is -0.206 e. The van der Waals surface area contributed by atoms with Crippen molar-refractivity contribution in [2.45, 2.75) is 31.9 Å². The molecule has 0 unspecified atom stereocenters. The summed E-state index contributed by atoms with van der Waals surface area (Å²) in [6.07, 6.45) is 2.55. The van der Waals surface area contributed by atoms with E-state index in [0.29, 0.717) is 0 Å². The fraction of sp³-hybridized carbons (Fsp3) is 0.462. The van der Waals surface area contributed by atoms with Crippen molar-refractivity contribution in [3.63, 3.8) is 0 Å². The number of benzene rings is 1. The van der Waals surface area contributed by atoms with E-state index >= 15 is 0 Å². The fourth-order valence-electron chi connectivity index (χ4n) is 2.22. The van der Waals surface area contributed by atoms with E-state index in [1.807, 2.05) is 12.1 Å². The van der Waals surface area contributed by atoms with Crippen LogP contribution >= 0.6 is 0 Å². The van der Waals surface area contributed by atoms with Gasteiger partial charge in [0, 0.05) is 0 Å². The standard InChI is InChI=1S/C13H15FNSi/c1-10-4-6-16(7-5-10)12-3-2-11(9-15)13(14)8-12/h2-3,8,10H,4-7H2,1H3. The second-order valence-corrected chi connectivity index (χ2v) is 7.38. The number of hydrogen-bond acceptors (Lipinski definition) is 1. The number of hydrogen-bond donors (Lipinski definition) is 0. The Labute approximate surface area is 97.5 Å². The Kier molecular flexibility index (Phi) is 3.40. The quantitative estimate of drug-likeness (QED) is 0.683. The summed E-state index contributed by atoms with van der Waals surface area (Å²) in [7, 11) is -0.554. The first-order valence-electron chi connectivity index (χ1n) is 5.75. The van der Waals surface area contributed by atoms with Gasteiger partial charge in [-0.25, -0.2) is 4.39 Å². The molecule has 83 valence electrons. The zero-order valence-corrected chi connectivity index (χ0v) is 10.5. The Balaban J connectivity index is 2.16. The highest BCUT2D eigenvalue weighted by Gasteiger charge is 2.22. The monoisotopic (exact) mass is 232 g/mol. The first kappa shape index (κ1) is 11.3. The second kappa shape index (κ2) is 4.79. The number of halogens is 1. The van der Waals surface area contributed by atoms with E-state index < -0.39 is 8.80 Å². The first-order valence-corrected chi connectivity index (χ1v) is 7.67. The molecule has 1 heterocycles. The van der Waals surface area contributed by atoms with Crippen LogP contribution in [0, 0.1) is 23.1 Å². The van der Waals surface area contributed by atoms with Gasteiger partial charge in [-0.2, -0.15) is 5.26 Å². The smallest absolute Gasteiger partial charge is 0.140 e. The lowest BCUT2D eigenvalue weighted by molar-refractivity contribution is 0.520. The molecule has 1 radical (unpaired) electrons. The van der Waals surface area contributed by atoms with Gasteiger partial charge < -0.3 is 0 Å². The van der Waals surface area contributed by atoms with Crippen molar-refractivity contribution < 1.29 is 4.39 Å². The molecule has 1 nitrogen and oxygen atoms in total. The van der Waals surface area contributed by atoms with E-state index in [4.69, 9.17) is 5.26 Å². The molecule has 0 atom stereocenters. The summed E-state index contributed by atoms with van der Waals surface area (Å²) in [6, 6.07) is 9.52. The van der Waals surface area contributed by atoms with Crippen molar-refractivity contribution in [2.75, 3.05) is 0 Å². The molecule has 0 aromatic heterocycles. The molecule has 1 fully saturated rings. The molecular formula is C13H15FNSi. The van der Waals surface area contributed by atoms with E-state index in [1.54, 1.807) is 12.1 Å². The third-order valence-corrected chi connectivity index (χ3v) is 6.29. The number of rotatable bonds is 1. The van der Waals surface area contributed by atoms with Crippen LogP contribution in [0.3, 0.4) is 0 Å². The van der Waals surface area contributed by atoms with Gasteiger partial charge in [-0.3, -0.25) is 0 Å². The molecule has 3 heteroatoms. The van der Waals surface area contributed by atoms with E-state index in [0.717, 1.165) is 11.1 Å². The Morgan fingerprint density at radius 3 is 2.62 bits per heavy atom. The maximum absolute atomic E-state index is 13.5. The molecule has 1 aliphatic rings. The predicted molar refractivity (Wildman–Crippen MR) is 64.5 cm³/mol. The van der Waals surface area contributed by atoms with Gasteiger partial charge in [0.15, 0.2) is 0 Å². The summed E-state index contributed by atoms with van der Waals surface area (Å²) in [5.41, 5.74) is 0.163. The van der Waals surface area contributed by atoms with Crippen LogP contribution in [0.4, 0.5) is 4.39 Å². The summed E-state index contributed by atoms with van der Waals surface area (Å²) in [5.74, 6) is 0.480. The van der Waals surface area contributed by atoms with E-state index in [1.165, 1.54) is 24.9 Å². The lowest BCUT2D eigenvalue weighted by atomic mass is 10.1. The Morgan fingerprint density at radius 1 is 1.38 bits per heavy atom. The summed E-state index contributed by atoms with van der Waals surface area (Å²) in [5, 5.41) is 9.83. The van der Waals surface area contributed by atoms with Crippen molar-refractivity contribution >= 4 is 14.0 Å². The van der Waals surface area contributed by atoms with Crippen LogP contribution < -0.4 is 5.19 Å². The van der Waals surface area contributed by atoms with Crippen LogP contribution in [-0.4, -0.2) is 8.80 Å². The fourth-order valence-corrected chi connectivity index (χ4v) is 5.38. The normalized spacial score (nSPS) is 18.3. The minimum atomic E-state index is -0.554. The van der Waals surface area contributed by atoms with Crippen LogP contribution in [0.25, 0.3) is 0 Å². The lowest BCUT2D eigenvalue weighted by Crippen LogP contribution is -2.33. The lowest BCUT2D eigenvalue weighted by Gasteiger charge is -2.24. The van der Waals surface area contributed by atoms with Crippen molar-refractivity contribution in [3.8, 4) is 6.07 Å². The van der Waals surface area contributed by atoms with Crippen molar-refractivity contribution in [1.82, 2.24) is 0 Å². The van der Waals surface area contributed by atoms with Gasteiger partial charge in [-0.1, -0.05) is 43.1 Å². The van der Waals surface area contributed by atoms with Gasteiger partial charge in [-0.15, -0.1) is 0 Å². The molecule has 16 heavy (non-hydrogen) atoms. The Hall–Kier alpha value is -1.14. The third kappa shape index (κ3) is 2.33. The molecule has 0 saturated carbocycles. The molecule has 1 aliphatic heterocycles. The molecule has 0 aliphatic carbocycles. The topological polar surface area (TPSA) is 23.8 Å². The molecule has 1 aromatic carbocycles. The van der Waals surface area contributed by atoms with Gasteiger partial charge in [0.05, 0.1) is 14.4 Å². The second-order valence-electron chi connectivity index (χ2n) is 4.59. The number of nitrogens with zero attached hydrogens (tertiary/aromatic N) is 1. The van der Waals surface area contributed by atoms with Crippen LogP contribution in [0.5, 0.6) is 0 Å². The SMILES string of the molecule is CC1CC[Si](c2ccc(C#N)c(F)c2)CC1. The molecule has 0 amide bonds. The maximum atomic E-state index is 13.5. The summed E-state index contributed by atoms with van der Waals surface area (Å²) < 4.78 is 13.5. The predicted octanol–water partition coefficient (Wildman–Crippen LogP) is 2.83. The zero-order chi connectivity index (χ0) is 11.5. The molecular weight excluding hydrogens is 217 g/mol. The van der Waals surface area contributed by atoms with Gasteiger partial charge in [-0.05, 0) is 18.1 Å². The van der Waals surface area contributed by atoms with Crippen molar-refractivity contribution in [3.05, 3.63) is 29.6 Å². The average molecular weight is 232 g/mol. The van der Waals surface area contributed by atoms with E-state index in [2.05, 4.69) is 6.92 Å². The highest BCUT2D eigenvalue weighted by atomic mass is 28.3. The van der Waals surface area contributed by atoms with Gasteiger partial charge in [0.1, 0.15) is 11.9 Å². The molecule has 2 rings (SSSR count). The summed E-state index contributed by atoms with van der Waals surface area (Å²) >= 11 is 0. The summed E-state index contributed by atoms with van der Waals surface area (Å²) in [6.45, 7) is 2.29. The minimum absolute atomic E-state index is 0.163.